The van der Waals surface area contributed by atoms with E-state index in [2.05, 4.69) is 15.3 Å². The number of amides is 1. The molecule has 4 heterocycles. The second kappa shape index (κ2) is 10.1. The molecule has 0 bridgehead atoms. The molecule has 0 aliphatic carbocycles. The highest BCUT2D eigenvalue weighted by atomic mass is 35.5. The number of carbonyl (C=O) groups excluding carboxylic acids is 1. The smallest absolute Gasteiger partial charge is 0.257 e. The van der Waals surface area contributed by atoms with E-state index in [4.69, 9.17) is 21.3 Å². The third-order valence-corrected chi connectivity index (χ3v) is 6.05. The van der Waals surface area contributed by atoms with Gasteiger partial charge in [-0.3, -0.25) is 19.1 Å². The molecule has 0 spiro atoms. The number of hydrogen-bond donors (Lipinski definition) is 1. The molecule has 1 aliphatic heterocycles. The van der Waals surface area contributed by atoms with E-state index in [-0.39, 0.29) is 22.9 Å². The van der Waals surface area contributed by atoms with Crippen LogP contribution < -0.4 is 15.6 Å². The van der Waals surface area contributed by atoms with Crippen LogP contribution in [-0.4, -0.2) is 25.4 Å². The standard InChI is InChI=1S/C26H22ClN5O3/c27-18-6-8-19(9-7-18)35-26-20(4-3-12-29-26)25(34)31-21-5-1-2-15-32-23(33)16-22(30-24(21)32)17-10-13-28-14-11-17/h3-4,6-14,16,21H,1-2,5,15H2,(H,31,34). The first kappa shape index (κ1) is 22.7. The number of carbonyl (C=O) groups is 1. The van der Waals surface area contributed by atoms with Crippen LogP contribution in [0.2, 0.25) is 5.02 Å². The van der Waals surface area contributed by atoms with E-state index in [1.54, 1.807) is 71.7 Å². The van der Waals surface area contributed by atoms with Crippen molar-refractivity contribution in [2.75, 3.05) is 0 Å². The van der Waals surface area contributed by atoms with E-state index < -0.39 is 6.04 Å². The molecule has 0 saturated heterocycles. The molecule has 3 aromatic heterocycles. The molecule has 0 radical (unpaired) electrons. The number of aromatic nitrogens is 4. The maximum Gasteiger partial charge on any atom is 0.257 e. The molecule has 4 aromatic rings. The molecule has 1 atom stereocenters. The van der Waals surface area contributed by atoms with Crippen LogP contribution in [0.5, 0.6) is 11.6 Å². The maximum absolute atomic E-state index is 13.4. The highest BCUT2D eigenvalue weighted by Gasteiger charge is 2.26. The SMILES string of the molecule is O=C(NC1CCCCn2c1nc(-c1ccncc1)cc2=O)c1cccnc1Oc1ccc(Cl)cc1. The van der Waals surface area contributed by atoms with Crippen molar-refractivity contribution in [3.63, 3.8) is 0 Å². The topological polar surface area (TPSA) is 99.0 Å². The van der Waals surface area contributed by atoms with Crippen molar-refractivity contribution in [3.8, 4) is 22.9 Å². The minimum absolute atomic E-state index is 0.143. The Labute approximate surface area is 206 Å². The molecule has 35 heavy (non-hydrogen) atoms. The summed E-state index contributed by atoms with van der Waals surface area (Å²) in [4.78, 5) is 39.4. The summed E-state index contributed by atoms with van der Waals surface area (Å²) < 4.78 is 7.51. The number of nitrogens with zero attached hydrogens (tertiary/aromatic N) is 4. The van der Waals surface area contributed by atoms with Crippen molar-refractivity contribution < 1.29 is 9.53 Å². The van der Waals surface area contributed by atoms with Gasteiger partial charge in [0, 0.05) is 41.8 Å². The van der Waals surface area contributed by atoms with Crippen molar-refractivity contribution in [2.24, 2.45) is 0 Å². The van der Waals surface area contributed by atoms with Gasteiger partial charge in [-0.2, -0.15) is 0 Å². The van der Waals surface area contributed by atoms with Gasteiger partial charge in [0.05, 0.1) is 11.7 Å². The predicted molar refractivity (Wildman–Crippen MR) is 132 cm³/mol. The molecule has 1 N–H and O–H groups in total. The normalized spacial score (nSPS) is 15.1. The Morgan fingerprint density at radius 3 is 2.66 bits per heavy atom. The number of fused-ring (bicyclic) bond motifs is 1. The van der Waals surface area contributed by atoms with Crippen LogP contribution in [-0.2, 0) is 6.54 Å². The van der Waals surface area contributed by atoms with Crippen molar-refractivity contribution in [2.45, 2.75) is 31.8 Å². The van der Waals surface area contributed by atoms with Crippen molar-refractivity contribution >= 4 is 17.5 Å². The van der Waals surface area contributed by atoms with Crippen LogP contribution in [0.25, 0.3) is 11.3 Å². The summed E-state index contributed by atoms with van der Waals surface area (Å²) in [7, 11) is 0. The Bertz CT molecular complexity index is 1410. The molecular weight excluding hydrogens is 466 g/mol. The van der Waals surface area contributed by atoms with E-state index in [9.17, 15) is 9.59 Å². The Kier molecular flexibility index (Phi) is 6.54. The summed E-state index contributed by atoms with van der Waals surface area (Å²) in [5.74, 6) is 0.873. The largest absolute Gasteiger partial charge is 0.438 e. The Morgan fingerprint density at radius 2 is 1.86 bits per heavy atom. The van der Waals surface area contributed by atoms with E-state index in [1.807, 2.05) is 0 Å². The number of rotatable bonds is 5. The first-order valence-corrected chi connectivity index (χ1v) is 11.7. The van der Waals surface area contributed by atoms with E-state index in [1.165, 1.54) is 6.07 Å². The minimum atomic E-state index is -0.442. The molecule has 8 nitrogen and oxygen atoms in total. The van der Waals surface area contributed by atoms with Crippen molar-refractivity contribution in [3.05, 3.63) is 100.0 Å². The zero-order valence-electron chi connectivity index (χ0n) is 18.7. The lowest BCUT2D eigenvalue weighted by Crippen LogP contribution is -2.34. The average Bonchev–Trinajstić information content (AvgIpc) is 3.09. The fraction of sp³-hybridized carbons (Fsp3) is 0.192. The van der Waals surface area contributed by atoms with Crippen molar-refractivity contribution in [1.82, 2.24) is 24.8 Å². The third-order valence-electron chi connectivity index (χ3n) is 5.80. The predicted octanol–water partition coefficient (Wildman–Crippen LogP) is 4.80. The molecule has 9 heteroatoms. The van der Waals surface area contributed by atoms with Gasteiger partial charge < -0.3 is 10.1 Å². The summed E-state index contributed by atoms with van der Waals surface area (Å²) in [6.45, 7) is 0.558. The first-order chi connectivity index (χ1) is 17.1. The van der Waals surface area contributed by atoms with Gasteiger partial charge in [-0.15, -0.1) is 0 Å². The number of ether oxygens (including phenoxy) is 1. The molecule has 1 unspecified atom stereocenters. The van der Waals surface area contributed by atoms with Gasteiger partial charge in [0.25, 0.3) is 11.5 Å². The highest BCUT2D eigenvalue weighted by Crippen LogP contribution is 2.27. The van der Waals surface area contributed by atoms with Crippen LogP contribution in [0.15, 0.2) is 78.0 Å². The van der Waals surface area contributed by atoms with Gasteiger partial charge in [-0.25, -0.2) is 9.97 Å². The molecule has 5 rings (SSSR count). The third kappa shape index (κ3) is 5.07. The average molecular weight is 488 g/mol. The lowest BCUT2D eigenvalue weighted by molar-refractivity contribution is 0.0929. The summed E-state index contributed by atoms with van der Waals surface area (Å²) in [6.07, 6.45) is 7.21. The van der Waals surface area contributed by atoms with Gasteiger partial charge in [0.2, 0.25) is 5.88 Å². The van der Waals surface area contributed by atoms with E-state index in [0.717, 1.165) is 18.4 Å². The maximum atomic E-state index is 13.4. The Hall–Kier alpha value is -4.04. The van der Waals surface area contributed by atoms with Crippen LogP contribution in [0.3, 0.4) is 0 Å². The highest BCUT2D eigenvalue weighted by molar-refractivity contribution is 6.30. The lowest BCUT2D eigenvalue weighted by Gasteiger charge is -2.20. The molecule has 1 aliphatic rings. The lowest BCUT2D eigenvalue weighted by atomic mass is 10.1. The van der Waals surface area contributed by atoms with Crippen molar-refractivity contribution in [1.29, 1.82) is 0 Å². The summed E-state index contributed by atoms with van der Waals surface area (Å²) in [5.41, 5.74) is 1.49. The number of hydrogen-bond acceptors (Lipinski definition) is 6. The summed E-state index contributed by atoms with van der Waals surface area (Å²) in [5, 5.41) is 3.64. The fourth-order valence-corrected chi connectivity index (χ4v) is 4.19. The van der Waals surface area contributed by atoms with Crippen LogP contribution >= 0.6 is 11.6 Å². The van der Waals surface area contributed by atoms with Gasteiger partial charge in [-0.05, 0) is 67.8 Å². The van der Waals surface area contributed by atoms with Crippen LogP contribution in [0, 0.1) is 0 Å². The molecular formula is C26H22ClN5O3. The number of pyridine rings is 2. The van der Waals surface area contributed by atoms with Crippen LogP contribution in [0.1, 0.15) is 41.5 Å². The molecule has 1 amide bonds. The second-order valence-corrected chi connectivity index (χ2v) is 8.60. The number of nitrogens with one attached hydrogen (secondary N) is 1. The summed E-state index contributed by atoms with van der Waals surface area (Å²) >= 11 is 5.95. The number of halogens is 1. The van der Waals surface area contributed by atoms with E-state index in [0.29, 0.717) is 35.3 Å². The first-order valence-electron chi connectivity index (χ1n) is 11.3. The molecule has 0 saturated carbocycles. The molecule has 0 fully saturated rings. The van der Waals surface area contributed by atoms with Gasteiger partial charge in [0.1, 0.15) is 17.1 Å². The zero-order valence-corrected chi connectivity index (χ0v) is 19.5. The quantitative estimate of drug-likeness (QED) is 0.434. The molecule has 1 aromatic carbocycles. The zero-order chi connectivity index (χ0) is 24.2. The second-order valence-electron chi connectivity index (χ2n) is 8.16. The monoisotopic (exact) mass is 487 g/mol. The molecule has 176 valence electrons. The Morgan fingerprint density at radius 1 is 1.06 bits per heavy atom. The van der Waals surface area contributed by atoms with Gasteiger partial charge >= 0.3 is 0 Å². The van der Waals surface area contributed by atoms with Gasteiger partial charge in [-0.1, -0.05) is 11.6 Å². The van der Waals surface area contributed by atoms with Crippen LogP contribution in [0.4, 0.5) is 0 Å². The number of benzene rings is 1. The minimum Gasteiger partial charge on any atom is -0.438 e. The Balaban J connectivity index is 1.45. The summed E-state index contributed by atoms with van der Waals surface area (Å²) in [6, 6.07) is 14.8. The van der Waals surface area contributed by atoms with E-state index >= 15 is 0 Å². The fourth-order valence-electron chi connectivity index (χ4n) is 4.06. The van der Waals surface area contributed by atoms with Gasteiger partial charge in [0.15, 0.2) is 0 Å².